The van der Waals surface area contributed by atoms with E-state index in [9.17, 15) is 14.4 Å². The van der Waals surface area contributed by atoms with Crippen molar-refractivity contribution in [3.8, 4) is 0 Å². The van der Waals surface area contributed by atoms with E-state index in [0.29, 0.717) is 15.6 Å². The second kappa shape index (κ2) is 7.72. The molecule has 0 radical (unpaired) electrons. The molecule has 0 aliphatic carbocycles. The minimum Gasteiger partial charge on any atom is -0.480 e. The highest BCUT2D eigenvalue weighted by Gasteiger charge is 2.09. The number of nitrogens with one attached hydrogen (secondary N) is 2. The van der Waals surface area contributed by atoms with Crippen LogP contribution in [0.2, 0.25) is 10.0 Å². The normalized spacial score (nSPS) is 9.90. The summed E-state index contributed by atoms with van der Waals surface area (Å²) < 4.78 is 0. The van der Waals surface area contributed by atoms with Gasteiger partial charge < -0.3 is 15.7 Å². The lowest BCUT2D eigenvalue weighted by Gasteiger charge is -2.07. The number of halogens is 2. The Morgan fingerprint density at radius 1 is 1.05 bits per heavy atom. The van der Waals surface area contributed by atoms with Crippen molar-refractivity contribution >= 4 is 41.0 Å². The maximum absolute atomic E-state index is 11.6. The predicted molar refractivity (Wildman–Crippen MR) is 73.8 cm³/mol. The predicted octanol–water partition coefficient (Wildman–Crippen LogP) is 0.853. The Hall–Kier alpha value is -1.79. The highest BCUT2D eigenvalue weighted by atomic mass is 35.5. The van der Waals surface area contributed by atoms with E-state index in [0.717, 1.165) is 0 Å². The molecule has 0 unspecified atom stereocenters. The first-order valence-electron chi connectivity index (χ1n) is 5.57. The number of hydrogen-bond acceptors (Lipinski definition) is 3. The summed E-state index contributed by atoms with van der Waals surface area (Å²) >= 11 is 11.6. The Morgan fingerprint density at radius 2 is 1.70 bits per heavy atom. The molecule has 0 saturated heterocycles. The summed E-state index contributed by atoms with van der Waals surface area (Å²) in [5.41, 5.74) is 0.583. The lowest BCUT2D eigenvalue weighted by Crippen LogP contribution is -2.39. The van der Waals surface area contributed by atoms with Gasteiger partial charge in [0.15, 0.2) is 0 Å². The molecule has 108 valence electrons. The first kappa shape index (κ1) is 16.3. The van der Waals surface area contributed by atoms with Crippen LogP contribution in [-0.2, 0) is 20.8 Å². The summed E-state index contributed by atoms with van der Waals surface area (Å²) in [7, 11) is 0. The molecule has 0 aliphatic heterocycles. The van der Waals surface area contributed by atoms with Gasteiger partial charge in [-0.2, -0.15) is 0 Å². The minimum absolute atomic E-state index is 0.00220. The van der Waals surface area contributed by atoms with Crippen molar-refractivity contribution in [1.29, 1.82) is 0 Å². The molecule has 0 atom stereocenters. The number of aliphatic carboxylic acids is 1. The zero-order chi connectivity index (χ0) is 15.1. The van der Waals surface area contributed by atoms with Gasteiger partial charge in [0.25, 0.3) is 0 Å². The average molecular weight is 319 g/mol. The van der Waals surface area contributed by atoms with Crippen molar-refractivity contribution in [2.75, 3.05) is 13.1 Å². The van der Waals surface area contributed by atoms with Gasteiger partial charge in [-0.1, -0.05) is 29.3 Å². The number of amides is 2. The fraction of sp³-hybridized carbons (Fsp3) is 0.250. The molecular weight excluding hydrogens is 307 g/mol. The van der Waals surface area contributed by atoms with Crippen LogP contribution in [0.5, 0.6) is 0 Å². The number of carbonyl (C=O) groups excluding carboxylic acids is 2. The van der Waals surface area contributed by atoms with Crippen LogP contribution in [0.25, 0.3) is 0 Å². The maximum Gasteiger partial charge on any atom is 0.322 e. The summed E-state index contributed by atoms with van der Waals surface area (Å²) in [6.07, 6.45) is 0.00220. The van der Waals surface area contributed by atoms with Crippen LogP contribution < -0.4 is 10.6 Å². The zero-order valence-corrected chi connectivity index (χ0v) is 11.8. The Labute approximate surface area is 125 Å². The fourth-order valence-electron chi connectivity index (χ4n) is 1.32. The molecule has 1 rings (SSSR count). The number of rotatable bonds is 6. The number of carboxylic acid groups (broad SMARTS) is 1. The van der Waals surface area contributed by atoms with Gasteiger partial charge in [0.2, 0.25) is 11.8 Å². The topological polar surface area (TPSA) is 95.5 Å². The Balaban J connectivity index is 2.40. The third kappa shape index (κ3) is 5.90. The lowest BCUT2D eigenvalue weighted by atomic mass is 10.1. The van der Waals surface area contributed by atoms with Crippen LogP contribution in [-0.4, -0.2) is 36.0 Å². The molecule has 0 heterocycles. The molecule has 2 amide bonds. The second-order valence-corrected chi connectivity index (χ2v) is 4.70. The highest BCUT2D eigenvalue weighted by molar-refractivity contribution is 6.35. The molecule has 0 spiro atoms. The monoisotopic (exact) mass is 318 g/mol. The smallest absolute Gasteiger partial charge is 0.322 e. The van der Waals surface area contributed by atoms with E-state index in [4.69, 9.17) is 28.3 Å². The molecule has 0 saturated carbocycles. The Bertz CT molecular complexity index is 534. The second-order valence-electron chi connectivity index (χ2n) is 3.86. The molecule has 20 heavy (non-hydrogen) atoms. The standard InChI is InChI=1S/C12H12Cl2N2O4/c13-8-2-1-7(9(14)4-8)3-10(17)15-5-11(18)16-6-12(19)20/h1-2,4H,3,5-6H2,(H,15,17)(H,16,18)(H,19,20). The third-order valence-electron chi connectivity index (χ3n) is 2.25. The van der Waals surface area contributed by atoms with Crippen molar-refractivity contribution in [2.45, 2.75) is 6.42 Å². The van der Waals surface area contributed by atoms with Gasteiger partial charge in [0.1, 0.15) is 6.54 Å². The van der Waals surface area contributed by atoms with Gasteiger partial charge >= 0.3 is 5.97 Å². The molecule has 1 aromatic rings. The number of carbonyl (C=O) groups is 3. The van der Waals surface area contributed by atoms with Crippen LogP contribution in [0.4, 0.5) is 0 Å². The Morgan fingerprint density at radius 3 is 2.30 bits per heavy atom. The van der Waals surface area contributed by atoms with Gasteiger partial charge in [0, 0.05) is 10.0 Å². The summed E-state index contributed by atoms with van der Waals surface area (Å²) in [5.74, 6) is -2.14. The van der Waals surface area contributed by atoms with Crippen molar-refractivity contribution in [3.05, 3.63) is 33.8 Å². The molecule has 1 aromatic carbocycles. The summed E-state index contributed by atoms with van der Waals surface area (Å²) in [5, 5.41) is 13.7. The van der Waals surface area contributed by atoms with Crippen LogP contribution in [0.15, 0.2) is 18.2 Å². The molecule has 0 bridgehead atoms. The minimum atomic E-state index is -1.15. The highest BCUT2D eigenvalue weighted by Crippen LogP contribution is 2.21. The zero-order valence-electron chi connectivity index (χ0n) is 10.3. The van der Waals surface area contributed by atoms with Crippen molar-refractivity contribution in [2.24, 2.45) is 0 Å². The van der Waals surface area contributed by atoms with E-state index >= 15 is 0 Å². The van der Waals surface area contributed by atoms with E-state index in [1.165, 1.54) is 6.07 Å². The first-order valence-corrected chi connectivity index (χ1v) is 6.33. The molecule has 0 aromatic heterocycles. The van der Waals surface area contributed by atoms with E-state index < -0.39 is 24.3 Å². The van der Waals surface area contributed by atoms with Crippen LogP contribution in [0.3, 0.4) is 0 Å². The van der Waals surface area contributed by atoms with Gasteiger partial charge in [0.05, 0.1) is 13.0 Å². The average Bonchev–Trinajstić information content (AvgIpc) is 2.37. The molecule has 8 heteroatoms. The molecule has 6 nitrogen and oxygen atoms in total. The van der Waals surface area contributed by atoms with Gasteiger partial charge in [-0.3, -0.25) is 14.4 Å². The van der Waals surface area contributed by atoms with Crippen molar-refractivity contribution in [3.63, 3.8) is 0 Å². The van der Waals surface area contributed by atoms with Gasteiger partial charge in [-0.15, -0.1) is 0 Å². The first-order chi connectivity index (χ1) is 9.38. The molecule has 0 aliphatic rings. The van der Waals surface area contributed by atoms with E-state index in [1.807, 2.05) is 0 Å². The van der Waals surface area contributed by atoms with Crippen molar-refractivity contribution < 1.29 is 19.5 Å². The molecule has 0 fully saturated rings. The van der Waals surface area contributed by atoms with Crippen LogP contribution >= 0.6 is 23.2 Å². The van der Waals surface area contributed by atoms with E-state index in [-0.39, 0.29) is 13.0 Å². The number of carboxylic acids is 1. The van der Waals surface area contributed by atoms with Crippen molar-refractivity contribution in [1.82, 2.24) is 10.6 Å². The summed E-state index contributed by atoms with van der Waals surface area (Å²) in [6, 6.07) is 4.75. The van der Waals surface area contributed by atoms with Crippen LogP contribution in [0.1, 0.15) is 5.56 Å². The third-order valence-corrected chi connectivity index (χ3v) is 2.84. The Kier molecular flexibility index (Phi) is 6.27. The fourth-order valence-corrected chi connectivity index (χ4v) is 1.79. The maximum atomic E-state index is 11.6. The molecule has 3 N–H and O–H groups in total. The number of benzene rings is 1. The summed E-state index contributed by atoms with van der Waals surface area (Å²) in [6.45, 7) is -0.783. The van der Waals surface area contributed by atoms with E-state index in [2.05, 4.69) is 10.6 Å². The SMILES string of the molecule is O=C(O)CNC(=O)CNC(=O)Cc1ccc(Cl)cc1Cl. The van der Waals surface area contributed by atoms with E-state index in [1.54, 1.807) is 12.1 Å². The van der Waals surface area contributed by atoms with Gasteiger partial charge in [-0.05, 0) is 17.7 Å². The quantitative estimate of drug-likeness (QED) is 0.724. The van der Waals surface area contributed by atoms with Gasteiger partial charge in [-0.25, -0.2) is 0 Å². The lowest BCUT2D eigenvalue weighted by molar-refractivity contribution is -0.137. The molecular formula is C12H12Cl2N2O4. The summed E-state index contributed by atoms with van der Waals surface area (Å²) in [4.78, 5) is 33.0. The number of hydrogen-bond donors (Lipinski definition) is 3. The largest absolute Gasteiger partial charge is 0.480 e. The van der Waals surface area contributed by atoms with Crippen LogP contribution in [0, 0.1) is 0 Å².